The van der Waals surface area contributed by atoms with Crippen molar-refractivity contribution < 1.29 is 5.11 Å². The Morgan fingerprint density at radius 3 is 2.67 bits per heavy atom. The number of nitrogens with two attached hydrogens (primary N) is 1. The molecule has 0 heterocycles. The van der Waals surface area contributed by atoms with Crippen molar-refractivity contribution >= 4 is 11.8 Å². The second-order valence-corrected chi connectivity index (χ2v) is 6.41. The zero-order valence-electron chi connectivity index (χ0n) is 11.7. The number of unbranched alkanes of at least 4 members (excludes halogenated alkanes) is 1. The summed E-state index contributed by atoms with van der Waals surface area (Å²) in [6.07, 6.45) is 2.94. The largest absolute Gasteiger partial charge is 0.389 e. The van der Waals surface area contributed by atoms with Crippen LogP contribution in [0.5, 0.6) is 0 Å². The molecule has 3 N–H and O–H groups in total. The maximum Gasteiger partial charge on any atom is 0.0741 e. The van der Waals surface area contributed by atoms with Crippen LogP contribution in [0.4, 0.5) is 0 Å². The second kappa shape index (κ2) is 7.17. The molecule has 1 aromatic carbocycles. The van der Waals surface area contributed by atoms with Gasteiger partial charge in [0.2, 0.25) is 0 Å². The van der Waals surface area contributed by atoms with E-state index < -0.39 is 5.60 Å². The highest BCUT2D eigenvalue weighted by Gasteiger charge is 2.16. The molecule has 1 aromatic rings. The summed E-state index contributed by atoms with van der Waals surface area (Å²) in [6, 6.07) is 6.57. The SMILES string of the molecule is Cc1ccc(C)c(SCCCCC(C)(O)CN)c1. The van der Waals surface area contributed by atoms with Gasteiger partial charge in [-0.05, 0) is 57.4 Å². The van der Waals surface area contributed by atoms with Crippen molar-refractivity contribution in [1.82, 2.24) is 0 Å². The number of benzene rings is 1. The van der Waals surface area contributed by atoms with Crippen molar-refractivity contribution in [3.05, 3.63) is 29.3 Å². The first-order valence-corrected chi connectivity index (χ1v) is 7.56. The summed E-state index contributed by atoms with van der Waals surface area (Å²) in [4.78, 5) is 1.38. The van der Waals surface area contributed by atoms with Crippen LogP contribution < -0.4 is 5.73 Å². The Hall–Kier alpha value is -0.510. The van der Waals surface area contributed by atoms with E-state index in [9.17, 15) is 5.11 Å². The number of hydrogen-bond donors (Lipinski definition) is 2. The van der Waals surface area contributed by atoms with Crippen LogP contribution in [0.3, 0.4) is 0 Å². The minimum Gasteiger partial charge on any atom is -0.389 e. The summed E-state index contributed by atoms with van der Waals surface area (Å²) in [5, 5.41) is 9.79. The molecule has 18 heavy (non-hydrogen) atoms. The molecule has 0 saturated carbocycles. The van der Waals surface area contributed by atoms with Crippen LogP contribution in [0.15, 0.2) is 23.1 Å². The van der Waals surface area contributed by atoms with Crippen molar-refractivity contribution in [3.8, 4) is 0 Å². The summed E-state index contributed by atoms with van der Waals surface area (Å²) in [5.74, 6) is 1.10. The maximum absolute atomic E-state index is 9.79. The van der Waals surface area contributed by atoms with Gasteiger partial charge >= 0.3 is 0 Å². The van der Waals surface area contributed by atoms with Crippen molar-refractivity contribution in [2.24, 2.45) is 5.73 Å². The normalized spacial score (nSPS) is 14.5. The average molecular weight is 267 g/mol. The lowest BCUT2D eigenvalue weighted by Gasteiger charge is -2.20. The Morgan fingerprint density at radius 2 is 2.00 bits per heavy atom. The molecular weight excluding hydrogens is 242 g/mol. The van der Waals surface area contributed by atoms with E-state index in [4.69, 9.17) is 5.73 Å². The maximum atomic E-state index is 9.79. The number of thioether (sulfide) groups is 1. The Labute approximate surface area is 115 Å². The van der Waals surface area contributed by atoms with Gasteiger partial charge in [-0.1, -0.05) is 17.7 Å². The van der Waals surface area contributed by atoms with Gasteiger partial charge < -0.3 is 10.8 Å². The quantitative estimate of drug-likeness (QED) is 0.589. The average Bonchev–Trinajstić information content (AvgIpc) is 2.33. The van der Waals surface area contributed by atoms with Crippen LogP contribution in [-0.2, 0) is 0 Å². The summed E-state index contributed by atoms with van der Waals surface area (Å²) in [7, 11) is 0. The Morgan fingerprint density at radius 1 is 1.28 bits per heavy atom. The van der Waals surface area contributed by atoms with E-state index >= 15 is 0 Å². The first kappa shape index (κ1) is 15.5. The number of aliphatic hydroxyl groups is 1. The van der Waals surface area contributed by atoms with Crippen LogP contribution >= 0.6 is 11.8 Å². The number of hydrogen-bond acceptors (Lipinski definition) is 3. The van der Waals surface area contributed by atoms with E-state index in [2.05, 4.69) is 32.0 Å². The van der Waals surface area contributed by atoms with Crippen LogP contribution in [0.25, 0.3) is 0 Å². The zero-order chi connectivity index (χ0) is 13.6. The summed E-state index contributed by atoms with van der Waals surface area (Å²) >= 11 is 1.91. The van der Waals surface area contributed by atoms with Crippen molar-refractivity contribution in [2.45, 2.75) is 50.5 Å². The standard InChI is InChI=1S/C15H25NOS/c1-12-6-7-13(2)14(10-12)18-9-5-4-8-15(3,17)11-16/h6-7,10,17H,4-5,8-9,11,16H2,1-3H3. The number of rotatable bonds is 7. The molecule has 2 nitrogen and oxygen atoms in total. The van der Waals surface area contributed by atoms with Gasteiger partial charge in [-0.3, -0.25) is 0 Å². The van der Waals surface area contributed by atoms with Crippen LogP contribution in [-0.4, -0.2) is 23.0 Å². The topological polar surface area (TPSA) is 46.2 Å². The van der Waals surface area contributed by atoms with Gasteiger partial charge in [0, 0.05) is 11.4 Å². The fourth-order valence-corrected chi connectivity index (χ4v) is 2.89. The second-order valence-electron chi connectivity index (χ2n) is 5.28. The predicted molar refractivity (Wildman–Crippen MR) is 80.2 cm³/mol. The van der Waals surface area contributed by atoms with Crippen molar-refractivity contribution in [2.75, 3.05) is 12.3 Å². The molecular formula is C15H25NOS. The van der Waals surface area contributed by atoms with E-state index in [1.54, 1.807) is 0 Å². The summed E-state index contributed by atoms with van der Waals surface area (Å²) in [5.41, 5.74) is 7.46. The molecule has 3 heteroatoms. The van der Waals surface area contributed by atoms with Crippen LogP contribution in [0, 0.1) is 13.8 Å². The van der Waals surface area contributed by atoms with Gasteiger partial charge in [-0.2, -0.15) is 0 Å². The molecule has 0 aromatic heterocycles. The first-order chi connectivity index (χ1) is 8.44. The zero-order valence-corrected chi connectivity index (χ0v) is 12.5. The van der Waals surface area contributed by atoms with E-state index in [1.807, 2.05) is 18.7 Å². The van der Waals surface area contributed by atoms with E-state index in [1.165, 1.54) is 16.0 Å². The molecule has 0 fully saturated rings. The summed E-state index contributed by atoms with van der Waals surface area (Å²) in [6.45, 7) is 6.44. The Balaban J connectivity index is 2.28. The van der Waals surface area contributed by atoms with Crippen molar-refractivity contribution in [3.63, 3.8) is 0 Å². The lowest BCUT2D eigenvalue weighted by atomic mass is 10.00. The monoisotopic (exact) mass is 267 g/mol. The molecule has 1 rings (SSSR count). The fourth-order valence-electron chi connectivity index (χ4n) is 1.75. The lowest BCUT2D eigenvalue weighted by molar-refractivity contribution is 0.0577. The molecule has 0 spiro atoms. The lowest BCUT2D eigenvalue weighted by Crippen LogP contribution is -2.33. The van der Waals surface area contributed by atoms with Gasteiger partial charge in [-0.15, -0.1) is 11.8 Å². The highest BCUT2D eigenvalue weighted by molar-refractivity contribution is 7.99. The minimum absolute atomic E-state index is 0.344. The highest BCUT2D eigenvalue weighted by atomic mass is 32.2. The Bertz CT molecular complexity index is 377. The van der Waals surface area contributed by atoms with Crippen LogP contribution in [0.2, 0.25) is 0 Å². The van der Waals surface area contributed by atoms with Gasteiger partial charge in [0.15, 0.2) is 0 Å². The van der Waals surface area contributed by atoms with E-state index in [-0.39, 0.29) is 0 Å². The van der Waals surface area contributed by atoms with Gasteiger partial charge in [-0.25, -0.2) is 0 Å². The van der Waals surface area contributed by atoms with Gasteiger partial charge in [0.05, 0.1) is 5.60 Å². The van der Waals surface area contributed by atoms with Gasteiger partial charge in [0.25, 0.3) is 0 Å². The molecule has 0 radical (unpaired) electrons. The van der Waals surface area contributed by atoms with Crippen LogP contribution in [0.1, 0.15) is 37.3 Å². The fraction of sp³-hybridized carbons (Fsp3) is 0.600. The highest BCUT2D eigenvalue weighted by Crippen LogP contribution is 2.25. The third-order valence-corrected chi connectivity index (χ3v) is 4.39. The molecule has 1 atom stereocenters. The molecule has 0 amide bonds. The first-order valence-electron chi connectivity index (χ1n) is 6.57. The summed E-state index contributed by atoms with van der Waals surface area (Å²) < 4.78 is 0. The molecule has 0 bridgehead atoms. The molecule has 0 aliphatic carbocycles. The predicted octanol–water partition coefficient (Wildman–Crippen LogP) is 3.28. The minimum atomic E-state index is -0.691. The number of aryl methyl sites for hydroxylation is 2. The van der Waals surface area contributed by atoms with E-state index in [0.29, 0.717) is 6.54 Å². The molecule has 0 aliphatic rings. The van der Waals surface area contributed by atoms with Gasteiger partial charge in [0.1, 0.15) is 0 Å². The Kier molecular flexibility index (Phi) is 6.19. The molecule has 102 valence electrons. The molecule has 1 unspecified atom stereocenters. The molecule has 0 saturated heterocycles. The smallest absolute Gasteiger partial charge is 0.0741 e. The third-order valence-electron chi connectivity index (χ3n) is 3.15. The van der Waals surface area contributed by atoms with E-state index in [0.717, 1.165) is 25.0 Å². The van der Waals surface area contributed by atoms with Crippen molar-refractivity contribution in [1.29, 1.82) is 0 Å². The third kappa shape index (κ3) is 5.42. The molecule has 0 aliphatic heterocycles.